The van der Waals surface area contributed by atoms with Gasteiger partial charge in [0.2, 0.25) is 5.91 Å². The van der Waals surface area contributed by atoms with Crippen molar-refractivity contribution in [3.8, 4) is 5.75 Å². The maximum atomic E-state index is 12.1. The van der Waals surface area contributed by atoms with Gasteiger partial charge in [-0.2, -0.15) is 5.10 Å². The Hall–Kier alpha value is -2.35. The molecule has 2 rings (SSSR count). The van der Waals surface area contributed by atoms with Crippen LogP contribution in [0.15, 0.2) is 40.4 Å². The molecule has 2 aromatic rings. The molecular formula is C14H16N4O3S. The van der Waals surface area contributed by atoms with E-state index in [2.05, 4.69) is 20.5 Å². The fourth-order valence-corrected chi connectivity index (χ4v) is 2.37. The standard InChI is InChI=1S/C14H16N4O3S/c1-3-21-11-6-4-10(5-7-11)16-13(20)9(2)22-14-17-12(19)8-15-18-14/h4-9H,3H2,1-2H3,(H,16,20)(H,17,18,19)/t9-/m0/s1. The number of hydrogen-bond acceptors (Lipinski definition) is 6. The number of carbonyl (C=O) groups is 1. The lowest BCUT2D eigenvalue weighted by Crippen LogP contribution is -2.23. The number of thioether (sulfide) groups is 1. The number of H-pyrrole nitrogens is 1. The van der Waals surface area contributed by atoms with Gasteiger partial charge in [-0.25, -0.2) is 0 Å². The van der Waals surface area contributed by atoms with Crippen molar-refractivity contribution in [1.82, 2.24) is 15.2 Å². The average Bonchev–Trinajstić information content (AvgIpc) is 2.49. The molecule has 116 valence electrons. The van der Waals surface area contributed by atoms with Crippen LogP contribution in [-0.4, -0.2) is 32.9 Å². The Morgan fingerprint density at radius 2 is 2.14 bits per heavy atom. The van der Waals surface area contributed by atoms with Crippen molar-refractivity contribution < 1.29 is 9.53 Å². The Balaban J connectivity index is 1.94. The van der Waals surface area contributed by atoms with Gasteiger partial charge in [0.05, 0.1) is 11.9 Å². The van der Waals surface area contributed by atoms with Gasteiger partial charge in [-0.3, -0.25) is 14.6 Å². The van der Waals surface area contributed by atoms with Crippen LogP contribution in [0.1, 0.15) is 13.8 Å². The molecule has 2 N–H and O–H groups in total. The van der Waals surface area contributed by atoms with Crippen molar-refractivity contribution in [2.75, 3.05) is 11.9 Å². The number of aromatic nitrogens is 3. The summed E-state index contributed by atoms with van der Waals surface area (Å²) in [7, 11) is 0. The van der Waals surface area contributed by atoms with Crippen LogP contribution in [0.4, 0.5) is 5.69 Å². The number of amides is 1. The lowest BCUT2D eigenvalue weighted by Gasteiger charge is -2.11. The summed E-state index contributed by atoms with van der Waals surface area (Å²) in [6.07, 6.45) is 1.08. The largest absolute Gasteiger partial charge is 0.494 e. The van der Waals surface area contributed by atoms with E-state index in [9.17, 15) is 9.59 Å². The number of nitrogens with one attached hydrogen (secondary N) is 2. The maximum Gasteiger partial charge on any atom is 0.270 e. The summed E-state index contributed by atoms with van der Waals surface area (Å²) in [6, 6.07) is 7.11. The van der Waals surface area contributed by atoms with Gasteiger partial charge in [-0.05, 0) is 38.1 Å². The van der Waals surface area contributed by atoms with Crippen LogP contribution < -0.4 is 15.6 Å². The first-order valence-corrected chi connectivity index (χ1v) is 7.59. The van der Waals surface area contributed by atoms with E-state index < -0.39 is 5.25 Å². The zero-order chi connectivity index (χ0) is 15.9. The molecule has 0 aliphatic rings. The van der Waals surface area contributed by atoms with Crippen molar-refractivity contribution in [2.45, 2.75) is 24.3 Å². The average molecular weight is 320 g/mol. The van der Waals surface area contributed by atoms with Gasteiger partial charge >= 0.3 is 0 Å². The summed E-state index contributed by atoms with van der Waals surface area (Å²) in [5.74, 6) is 0.556. The van der Waals surface area contributed by atoms with Crippen LogP contribution in [0.5, 0.6) is 5.75 Å². The quantitative estimate of drug-likeness (QED) is 0.786. The molecule has 1 amide bonds. The molecule has 0 unspecified atom stereocenters. The molecule has 1 atom stereocenters. The topological polar surface area (TPSA) is 97.0 Å². The van der Waals surface area contributed by atoms with Crippen molar-refractivity contribution in [3.05, 3.63) is 40.8 Å². The minimum Gasteiger partial charge on any atom is -0.494 e. The van der Waals surface area contributed by atoms with Gasteiger partial charge in [0.15, 0.2) is 5.16 Å². The van der Waals surface area contributed by atoms with Crippen molar-refractivity contribution in [2.24, 2.45) is 0 Å². The zero-order valence-corrected chi connectivity index (χ0v) is 13.0. The van der Waals surface area contributed by atoms with Crippen LogP contribution in [0.3, 0.4) is 0 Å². The van der Waals surface area contributed by atoms with Crippen molar-refractivity contribution >= 4 is 23.4 Å². The van der Waals surface area contributed by atoms with E-state index in [1.807, 2.05) is 6.92 Å². The molecular weight excluding hydrogens is 304 g/mol. The molecule has 1 heterocycles. The van der Waals surface area contributed by atoms with E-state index in [1.54, 1.807) is 31.2 Å². The maximum absolute atomic E-state index is 12.1. The second-order valence-corrected chi connectivity index (χ2v) is 5.68. The molecule has 7 nitrogen and oxygen atoms in total. The Kier molecular flexibility index (Phi) is 5.54. The lowest BCUT2D eigenvalue weighted by atomic mass is 10.3. The zero-order valence-electron chi connectivity index (χ0n) is 12.2. The monoisotopic (exact) mass is 320 g/mol. The van der Waals surface area contributed by atoms with Crippen molar-refractivity contribution in [1.29, 1.82) is 0 Å². The summed E-state index contributed by atoms with van der Waals surface area (Å²) in [6.45, 7) is 4.22. The highest BCUT2D eigenvalue weighted by atomic mass is 32.2. The SMILES string of the molecule is CCOc1ccc(NC(=O)[C@H](C)Sc2nncc(=O)[nH]2)cc1. The summed E-state index contributed by atoms with van der Waals surface area (Å²) in [5.41, 5.74) is 0.324. The molecule has 8 heteroatoms. The Labute approximate surface area is 131 Å². The molecule has 0 saturated heterocycles. The number of benzene rings is 1. The van der Waals surface area contributed by atoms with Crippen LogP contribution in [-0.2, 0) is 4.79 Å². The number of rotatable bonds is 6. The van der Waals surface area contributed by atoms with E-state index in [0.717, 1.165) is 23.7 Å². The fourth-order valence-electron chi connectivity index (χ4n) is 1.62. The van der Waals surface area contributed by atoms with Crippen LogP contribution >= 0.6 is 11.8 Å². The number of hydrogen-bond donors (Lipinski definition) is 2. The molecule has 0 aliphatic carbocycles. The number of anilines is 1. The molecule has 0 spiro atoms. The summed E-state index contributed by atoms with van der Waals surface area (Å²) < 4.78 is 5.34. The van der Waals surface area contributed by atoms with Gasteiger partial charge in [0, 0.05) is 5.69 Å². The second-order valence-electron chi connectivity index (χ2n) is 4.35. The normalized spacial score (nSPS) is 11.7. The van der Waals surface area contributed by atoms with Crippen LogP contribution in [0.25, 0.3) is 0 Å². The van der Waals surface area contributed by atoms with E-state index in [1.165, 1.54) is 0 Å². The molecule has 22 heavy (non-hydrogen) atoms. The second kappa shape index (κ2) is 7.60. The van der Waals surface area contributed by atoms with E-state index in [4.69, 9.17) is 4.74 Å². The Morgan fingerprint density at radius 3 is 2.77 bits per heavy atom. The third-order valence-corrected chi connectivity index (χ3v) is 3.62. The van der Waals surface area contributed by atoms with Gasteiger partial charge in [0.1, 0.15) is 11.9 Å². The van der Waals surface area contributed by atoms with Gasteiger partial charge in [-0.1, -0.05) is 11.8 Å². The molecule has 0 aliphatic heterocycles. The predicted molar refractivity (Wildman–Crippen MR) is 84.2 cm³/mol. The highest BCUT2D eigenvalue weighted by Crippen LogP contribution is 2.20. The fraction of sp³-hybridized carbons (Fsp3) is 0.286. The van der Waals surface area contributed by atoms with Crippen LogP contribution in [0, 0.1) is 0 Å². The van der Waals surface area contributed by atoms with Gasteiger partial charge in [-0.15, -0.1) is 5.10 Å². The number of carbonyl (C=O) groups excluding carboxylic acids is 1. The first kappa shape index (κ1) is 16.0. The first-order chi connectivity index (χ1) is 10.6. The van der Waals surface area contributed by atoms with Gasteiger partial charge in [0.25, 0.3) is 5.56 Å². The summed E-state index contributed by atoms with van der Waals surface area (Å²) >= 11 is 1.13. The summed E-state index contributed by atoms with van der Waals surface area (Å²) in [5, 5.41) is 9.98. The summed E-state index contributed by atoms with van der Waals surface area (Å²) in [4.78, 5) is 25.8. The number of aromatic amines is 1. The van der Waals surface area contributed by atoms with Crippen molar-refractivity contribution in [3.63, 3.8) is 0 Å². The van der Waals surface area contributed by atoms with E-state index >= 15 is 0 Å². The molecule has 0 bridgehead atoms. The first-order valence-electron chi connectivity index (χ1n) is 6.71. The highest BCUT2D eigenvalue weighted by Gasteiger charge is 2.16. The smallest absolute Gasteiger partial charge is 0.270 e. The minimum atomic E-state index is -0.432. The Morgan fingerprint density at radius 1 is 1.41 bits per heavy atom. The minimum absolute atomic E-state index is 0.194. The lowest BCUT2D eigenvalue weighted by molar-refractivity contribution is -0.115. The molecule has 1 aromatic carbocycles. The predicted octanol–water partition coefficient (Wildman–Crippen LogP) is 1.68. The van der Waals surface area contributed by atoms with Crippen LogP contribution in [0.2, 0.25) is 0 Å². The van der Waals surface area contributed by atoms with E-state index in [0.29, 0.717) is 17.5 Å². The third kappa shape index (κ3) is 4.59. The molecule has 0 fully saturated rings. The molecule has 0 radical (unpaired) electrons. The Bertz CT molecular complexity index is 687. The van der Waals surface area contributed by atoms with Gasteiger partial charge < -0.3 is 10.1 Å². The number of nitrogens with zero attached hydrogens (tertiary/aromatic N) is 2. The highest BCUT2D eigenvalue weighted by molar-refractivity contribution is 8.00. The molecule has 1 aromatic heterocycles. The number of ether oxygens (including phenoxy) is 1. The molecule has 0 saturated carbocycles. The van der Waals surface area contributed by atoms with E-state index in [-0.39, 0.29) is 11.5 Å². The third-order valence-electron chi connectivity index (χ3n) is 2.64.